The quantitative estimate of drug-likeness (QED) is 0.743. The van der Waals surface area contributed by atoms with Crippen LogP contribution in [0.4, 0.5) is 17.6 Å². The van der Waals surface area contributed by atoms with Crippen LogP contribution in [0.3, 0.4) is 0 Å². The van der Waals surface area contributed by atoms with Crippen LogP contribution in [0.2, 0.25) is 5.02 Å². The van der Waals surface area contributed by atoms with E-state index in [1.165, 1.54) is 12.1 Å². The summed E-state index contributed by atoms with van der Waals surface area (Å²) in [6, 6.07) is 6.02. The fraction of sp³-hybridized carbons (Fsp3) is 0.0769. The third-order valence-electron chi connectivity index (χ3n) is 2.49. The highest BCUT2D eigenvalue weighted by molar-refractivity contribution is 6.30. The Labute approximate surface area is 111 Å². The van der Waals surface area contributed by atoms with Gasteiger partial charge in [-0.15, -0.1) is 0 Å². The summed E-state index contributed by atoms with van der Waals surface area (Å²) in [6.45, 7) is 0. The van der Waals surface area contributed by atoms with E-state index in [4.69, 9.17) is 11.6 Å². The second-order valence-corrected chi connectivity index (χ2v) is 4.33. The van der Waals surface area contributed by atoms with Gasteiger partial charge < -0.3 is 5.11 Å². The first-order valence-electron chi connectivity index (χ1n) is 5.14. The molecule has 0 aromatic heterocycles. The molecule has 0 spiro atoms. The molecule has 2 rings (SSSR count). The van der Waals surface area contributed by atoms with E-state index in [2.05, 4.69) is 0 Å². The van der Waals surface area contributed by atoms with Crippen LogP contribution in [0, 0.1) is 5.82 Å². The molecular weight excluding hydrogens is 284 g/mol. The molecule has 0 atom stereocenters. The van der Waals surface area contributed by atoms with Gasteiger partial charge in [0, 0.05) is 10.6 Å². The third kappa shape index (κ3) is 2.98. The van der Waals surface area contributed by atoms with Crippen LogP contribution in [-0.2, 0) is 6.18 Å². The normalized spacial score (nSPS) is 11.6. The van der Waals surface area contributed by atoms with Gasteiger partial charge in [-0.25, -0.2) is 4.39 Å². The molecule has 0 aliphatic rings. The Bertz CT molecular complexity index is 623. The number of rotatable bonds is 1. The molecule has 100 valence electrons. The lowest BCUT2D eigenvalue weighted by Crippen LogP contribution is -2.04. The van der Waals surface area contributed by atoms with Crippen LogP contribution in [0.15, 0.2) is 36.4 Å². The molecular formula is C13H7ClF4O. The second kappa shape index (κ2) is 4.74. The van der Waals surface area contributed by atoms with Crippen molar-refractivity contribution >= 4 is 11.6 Å². The summed E-state index contributed by atoms with van der Waals surface area (Å²) in [5, 5.41) is 9.45. The molecule has 0 saturated carbocycles. The molecule has 2 aromatic carbocycles. The topological polar surface area (TPSA) is 20.2 Å². The maximum atomic E-state index is 13.6. The standard InChI is InChI=1S/C13H7ClF4O/c14-9-1-2-11(12(15)6-9)7-3-8(13(16,17)18)5-10(19)4-7/h1-6,19H. The Morgan fingerprint density at radius 3 is 2.26 bits per heavy atom. The van der Waals surface area contributed by atoms with Gasteiger partial charge in [0.1, 0.15) is 11.6 Å². The monoisotopic (exact) mass is 290 g/mol. The van der Waals surface area contributed by atoms with E-state index in [0.29, 0.717) is 6.07 Å². The minimum absolute atomic E-state index is 0.0641. The van der Waals surface area contributed by atoms with Crippen molar-refractivity contribution in [3.05, 3.63) is 52.8 Å². The van der Waals surface area contributed by atoms with Crippen molar-refractivity contribution in [2.75, 3.05) is 0 Å². The summed E-state index contributed by atoms with van der Waals surface area (Å²) in [6.07, 6.45) is -4.61. The van der Waals surface area contributed by atoms with Crippen LogP contribution >= 0.6 is 11.6 Å². The first-order chi connectivity index (χ1) is 8.77. The number of hydrogen-bond acceptors (Lipinski definition) is 1. The zero-order chi connectivity index (χ0) is 14.2. The van der Waals surface area contributed by atoms with Gasteiger partial charge in [-0.2, -0.15) is 13.2 Å². The van der Waals surface area contributed by atoms with E-state index in [1.54, 1.807) is 0 Å². The van der Waals surface area contributed by atoms with Crippen molar-refractivity contribution in [2.45, 2.75) is 6.18 Å². The Balaban J connectivity index is 2.59. The molecule has 0 fully saturated rings. The average molecular weight is 291 g/mol. The molecule has 6 heteroatoms. The smallest absolute Gasteiger partial charge is 0.416 e. The van der Waals surface area contributed by atoms with Gasteiger partial charge in [0.25, 0.3) is 0 Å². The molecule has 0 radical (unpaired) electrons. The fourth-order valence-corrected chi connectivity index (χ4v) is 1.81. The largest absolute Gasteiger partial charge is 0.508 e. The van der Waals surface area contributed by atoms with Crippen molar-refractivity contribution < 1.29 is 22.7 Å². The van der Waals surface area contributed by atoms with Gasteiger partial charge in [-0.1, -0.05) is 11.6 Å². The molecule has 0 aliphatic heterocycles. The number of alkyl halides is 3. The van der Waals surface area contributed by atoms with Crippen molar-refractivity contribution in [1.82, 2.24) is 0 Å². The van der Waals surface area contributed by atoms with Gasteiger partial charge >= 0.3 is 6.18 Å². The van der Waals surface area contributed by atoms with Crippen molar-refractivity contribution in [3.8, 4) is 16.9 Å². The van der Waals surface area contributed by atoms with Gasteiger partial charge in [0.2, 0.25) is 0 Å². The molecule has 19 heavy (non-hydrogen) atoms. The van der Waals surface area contributed by atoms with E-state index in [1.807, 2.05) is 0 Å². The lowest BCUT2D eigenvalue weighted by molar-refractivity contribution is -0.137. The van der Waals surface area contributed by atoms with Crippen LogP contribution in [0.1, 0.15) is 5.56 Å². The van der Waals surface area contributed by atoms with E-state index >= 15 is 0 Å². The lowest BCUT2D eigenvalue weighted by Gasteiger charge is -2.10. The highest BCUT2D eigenvalue weighted by Gasteiger charge is 2.31. The van der Waals surface area contributed by atoms with Crippen molar-refractivity contribution in [3.63, 3.8) is 0 Å². The molecule has 0 aliphatic carbocycles. The molecule has 0 bridgehead atoms. The lowest BCUT2D eigenvalue weighted by atomic mass is 10.0. The van der Waals surface area contributed by atoms with Crippen LogP contribution in [-0.4, -0.2) is 5.11 Å². The van der Waals surface area contributed by atoms with E-state index < -0.39 is 23.3 Å². The summed E-state index contributed by atoms with van der Waals surface area (Å²) < 4.78 is 51.5. The Kier molecular flexibility index (Phi) is 3.41. The van der Waals surface area contributed by atoms with Crippen LogP contribution < -0.4 is 0 Å². The van der Waals surface area contributed by atoms with Gasteiger partial charge in [-0.3, -0.25) is 0 Å². The molecule has 2 aromatic rings. The maximum absolute atomic E-state index is 13.6. The van der Waals surface area contributed by atoms with Crippen molar-refractivity contribution in [1.29, 1.82) is 0 Å². The highest BCUT2D eigenvalue weighted by Crippen LogP contribution is 2.36. The minimum atomic E-state index is -4.61. The number of phenolic OH excluding ortho intramolecular Hbond substituents is 1. The first-order valence-corrected chi connectivity index (χ1v) is 5.52. The number of hydrogen-bond donors (Lipinski definition) is 1. The SMILES string of the molecule is Oc1cc(-c2ccc(Cl)cc2F)cc(C(F)(F)F)c1. The molecule has 0 saturated heterocycles. The number of benzene rings is 2. The predicted molar refractivity (Wildman–Crippen MR) is 63.5 cm³/mol. The first kappa shape index (κ1) is 13.7. The summed E-state index contributed by atoms with van der Waals surface area (Å²) in [5.74, 6) is -1.34. The van der Waals surface area contributed by atoms with Gasteiger partial charge in [0.05, 0.1) is 5.56 Å². The Morgan fingerprint density at radius 1 is 1.00 bits per heavy atom. The molecule has 0 unspecified atom stereocenters. The summed E-state index contributed by atoms with van der Waals surface area (Å²) >= 11 is 5.57. The zero-order valence-electron chi connectivity index (χ0n) is 9.30. The number of aromatic hydroxyl groups is 1. The van der Waals surface area contributed by atoms with E-state index in [9.17, 15) is 22.7 Å². The third-order valence-corrected chi connectivity index (χ3v) is 2.72. The number of halogens is 5. The molecule has 1 nitrogen and oxygen atoms in total. The molecule has 0 amide bonds. The minimum Gasteiger partial charge on any atom is -0.508 e. The van der Waals surface area contributed by atoms with Gasteiger partial charge in [0.15, 0.2) is 0 Å². The zero-order valence-corrected chi connectivity index (χ0v) is 10.1. The summed E-state index contributed by atoms with van der Waals surface area (Å²) in [5.41, 5.74) is -1.18. The Hall–Kier alpha value is -1.75. The predicted octanol–water partition coefficient (Wildman–Crippen LogP) is 4.87. The van der Waals surface area contributed by atoms with E-state index in [-0.39, 0.29) is 16.1 Å². The molecule has 0 heterocycles. The van der Waals surface area contributed by atoms with Crippen molar-refractivity contribution in [2.24, 2.45) is 0 Å². The fourth-order valence-electron chi connectivity index (χ4n) is 1.65. The van der Waals surface area contributed by atoms with Crippen LogP contribution in [0.5, 0.6) is 5.75 Å². The van der Waals surface area contributed by atoms with Gasteiger partial charge in [-0.05, 0) is 42.0 Å². The number of phenols is 1. The summed E-state index contributed by atoms with van der Waals surface area (Å²) in [4.78, 5) is 0. The second-order valence-electron chi connectivity index (χ2n) is 3.89. The maximum Gasteiger partial charge on any atom is 0.416 e. The summed E-state index contributed by atoms with van der Waals surface area (Å²) in [7, 11) is 0. The van der Waals surface area contributed by atoms with Crippen LogP contribution in [0.25, 0.3) is 11.1 Å². The van der Waals surface area contributed by atoms with E-state index in [0.717, 1.165) is 18.2 Å². The highest BCUT2D eigenvalue weighted by atomic mass is 35.5. The average Bonchev–Trinajstić information content (AvgIpc) is 2.26. The Morgan fingerprint density at radius 2 is 1.68 bits per heavy atom. The molecule has 1 N–H and O–H groups in total.